The quantitative estimate of drug-likeness (QED) is 0.129. The summed E-state index contributed by atoms with van der Waals surface area (Å²) in [5, 5.41) is 12.9. The largest absolute Gasteiger partial charge is 0.481 e. The molecule has 0 bridgehead atoms. The van der Waals surface area contributed by atoms with Gasteiger partial charge >= 0.3 is 5.97 Å². The van der Waals surface area contributed by atoms with Crippen molar-refractivity contribution in [2.24, 2.45) is 0 Å². The van der Waals surface area contributed by atoms with Crippen LogP contribution in [0.3, 0.4) is 0 Å². The zero-order valence-electron chi connectivity index (χ0n) is 27.4. The molecule has 2 N–H and O–H groups in total. The lowest BCUT2D eigenvalue weighted by atomic mass is 9.98. The number of sulfonamides is 1. The van der Waals surface area contributed by atoms with Gasteiger partial charge in [-0.1, -0.05) is 144 Å². The van der Waals surface area contributed by atoms with E-state index in [0.717, 1.165) is 26.6 Å². The van der Waals surface area contributed by atoms with Crippen LogP contribution < -0.4 is 9.62 Å². The van der Waals surface area contributed by atoms with Gasteiger partial charge in [0.15, 0.2) is 0 Å². The Bertz CT molecular complexity index is 2320. The van der Waals surface area contributed by atoms with Crippen molar-refractivity contribution in [3.63, 3.8) is 0 Å². The summed E-state index contributed by atoms with van der Waals surface area (Å²) in [7, 11) is -4.44. The highest BCUT2D eigenvalue weighted by atomic mass is 35.5. The summed E-state index contributed by atoms with van der Waals surface area (Å²) >= 11 is 19.0. The van der Waals surface area contributed by atoms with Crippen molar-refractivity contribution >= 4 is 62.4 Å². The number of carboxylic acids is 1. The third kappa shape index (κ3) is 8.49. The molecule has 0 spiro atoms. The second-order valence-electron chi connectivity index (χ2n) is 11.9. The lowest BCUT2D eigenvalue weighted by Crippen LogP contribution is -2.35. The van der Waals surface area contributed by atoms with Gasteiger partial charge in [0.1, 0.15) is 4.90 Å². The van der Waals surface area contributed by atoms with E-state index in [0.29, 0.717) is 11.1 Å². The van der Waals surface area contributed by atoms with E-state index in [2.05, 4.69) is 5.32 Å². The van der Waals surface area contributed by atoms with Crippen molar-refractivity contribution in [3.05, 3.63) is 177 Å². The minimum Gasteiger partial charge on any atom is -0.481 e. The fraction of sp³-hybridized carbons (Fsp3) is 0.0732. The summed E-state index contributed by atoms with van der Waals surface area (Å²) < 4.78 is 30.1. The molecule has 0 aliphatic rings. The van der Waals surface area contributed by atoms with Gasteiger partial charge in [-0.05, 0) is 69.8 Å². The predicted molar refractivity (Wildman–Crippen MR) is 207 cm³/mol. The molecule has 11 heteroatoms. The van der Waals surface area contributed by atoms with Crippen molar-refractivity contribution in [2.75, 3.05) is 4.31 Å². The van der Waals surface area contributed by atoms with E-state index in [1.165, 1.54) is 36.4 Å². The smallest absolute Gasteiger partial charge is 0.305 e. The van der Waals surface area contributed by atoms with E-state index in [-0.39, 0.29) is 37.8 Å². The van der Waals surface area contributed by atoms with E-state index < -0.39 is 34.4 Å². The zero-order chi connectivity index (χ0) is 36.8. The fourth-order valence-corrected chi connectivity index (χ4v) is 8.20. The van der Waals surface area contributed by atoms with Gasteiger partial charge in [-0.15, -0.1) is 0 Å². The summed E-state index contributed by atoms with van der Waals surface area (Å²) in [4.78, 5) is 26.0. The second-order valence-corrected chi connectivity index (χ2v) is 15.0. The fourth-order valence-electron chi connectivity index (χ4n) is 5.81. The first-order chi connectivity index (χ1) is 25.0. The van der Waals surface area contributed by atoms with Crippen LogP contribution in [0.4, 0.5) is 5.69 Å². The van der Waals surface area contributed by atoms with E-state index in [9.17, 15) is 23.1 Å². The zero-order valence-corrected chi connectivity index (χ0v) is 30.5. The molecular formula is C41H31Cl3N2O5S. The molecule has 6 aromatic carbocycles. The highest BCUT2D eigenvalue weighted by Gasteiger charge is 2.32. The Kier molecular flexibility index (Phi) is 11.3. The van der Waals surface area contributed by atoms with Crippen LogP contribution in [0.25, 0.3) is 22.3 Å². The van der Waals surface area contributed by atoms with E-state index in [4.69, 9.17) is 34.8 Å². The van der Waals surface area contributed by atoms with Crippen molar-refractivity contribution in [1.82, 2.24) is 5.32 Å². The number of carboxylic acid groups (broad SMARTS) is 1. The predicted octanol–water partition coefficient (Wildman–Crippen LogP) is 10.3. The highest BCUT2D eigenvalue weighted by Crippen LogP contribution is 2.35. The number of rotatable bonds is 12. The number of nitrogens with zero attached hydrogens (tertiary/aromatic N) is 1. The van der Waals surface area contributed by atoms with Crippen LogP contribution in [0.1, 0.15) is 33.9 Å². The first-order valence-corrected chi connectivity index (χ1v) is 18.7. The molecule has 0 radical (unpaired) electrons. The molecule has 0 saturated carbocycles. The first kappa shape index (κ1) is 36.7. The molecular weight excluding hydrogens is 739 g/mol. The molecule has 0 saturated heterocycles. The molecule has 6 aromatic rings. The normalized spacial score (nSPS) is 11.8. The molecule has 1 amide bonds. The molecule has 0 aliphatic heterocycles. The molecule has 262 valence electrons. The lowest BCUT2D eigenvalue weighted by molar-refractivity contribution is -0.137. The molecule has 6 rings (SSSR count). The van der Waals surface area contributed by atoms with Gasteiger partial charge in [0.05, 0.1) is 35.3 Å². The topological polar surface area (TPSA) is 104 Å². The highest BCUT2D eigenvalue weighted by molar-refractivity contribution is 7.93. The van der Waals surface area contributed by atoms with Gasteiger partial charge in [0.2, 0.25) is 0 Å². The lowest BCUT2D eigenvalue weighted by Gasteiger charge is -2.28. The average Bonchev–Trinajstić information content (AvgIpc) is 3.14. The van der Waals surface area contributed by atoms with E-state index in [1.807, 2.05) is 97.1 Å². The number of benzene rings is 6. The van der Waals surface area contributed by atoms with Crippen LogP contribution in [0, 0.1) is 0 Å². The number of nitrogens with one attached hydrogen (secondary N) is 1. The summed E-state index contributed by atoms with van der Waals surface area (Å²) in [5.74, 6) is -1.86. The van der Waals surface area contributed by atoms with Gasteiger partial charge in [-0.2, -0.15) is 0 Å². The number of carbonyl (C=O) groups excluding carboxylic acids is 1. The number of aliphatic carboxylic acids is 1. The molecule has 52 heavy (non-hydrogen) atoms. The monoisotopic (exact) mass is 768 g/mol. The average molecular weight is 770 g/mol. The van der Waals surface area contributed by atoms with Gasteiger partial charge in [0.25, 0.3) is 15.9 Å². The van der Waals surface area contributed by atoms with E-state index >= 15 is 0 Å². The molecule has 0 fully saturated rings. The molecule has 1 unspecified atom stereocenters. The molecule has 7 nitrogen and oxygen atoms in total. The van der Waals surface area contributed by atoms with E-state index in [1.54, 1.807) is 12.1 Å². The maximum atomic E-state index is 14.5. The second kappa shape index (κ2) is 16.0. The maximum absolute atomic E-state index is 14.5. The van der Waals surface area contributed by atoms with Crippen molar-refractivity contribution < 1.29 is 23.1 Å². The number of anilines is 1. The van der Waals surface area contributed by atoms with Gasteiger partial charge in [-0.25, -0.2) is 8.42 Å². The molecule has 0 aliphatic carbocycles. The minimum atomic E-state index is -4.44. The third-order valence-corrected chi connectivity index (χ3v) is 11.1. The third-order valence-electron chi connectivity index (χ3n) is 8.43. The number of amides is 1. The Morgan fingerprint density at radius 1 is 0.654 bits per heavy atom. The van der Waals surface area contributed by atoms with Gasteiger partial charge < -0.3 is 10.4 Å². The summed E-state index contributed by atoms with van der Waals surface area (Å²) in [6, 6.07) is 41.4. The molecule has 0 heterocycles. The summed E-state index contributed by atoms with van der Waals surface area (Å²) in [6.45, 7) is -0.183. The minimum absolute atomic E-state index is 0.00792. The van der Waals surface area contributed by atoms with Crippen LogP contribution in [-0.2, 0) is 21.4 Å². The van der Waals surface area contributed by atoms with Crippen LogP contribution in [0.5, 0.6) is 0 Å². The van der Waals surface area contributed by atoms with Crippen molar-refractivity contribution in [1.29, 1.82) is 0 Å². The Morgan fingerprint density at radius 3 is 1.73 bits per heavy atom. The number of hydrogen-bond donors (Lipinski definition) is 2. The summed E-state index contributed by atoms with van der Waals surface area (Å²) in [5.41, 5.74) is 4.92. The van der Waals surface area contributed by atoms with Crippen molar-refractivity contribution in [2.45, 2.75) is 23.9 Å². The Balaban J connectivity index is 1.39. The van der Waals surface area contributed by atoms with Gasteiger partial charge in [0, 0.05) is 10.0 Å². The standard InChI is InChI=1S/C41H31Cl3N2O5S/c42-33-19-21-38(35(23-33)41(49)45-37(25-40(47)48)32-17-15-31(16-18-32)29-9-5-2-6-10-29)46(52(50,51)39-22-20-34(43)24-36(39)44)26-27-11-13-30(14-12-27)28-7-3-1-4-8-28/h1-24,37H,25-26H2,(H,45,49)(H,47,48). The Morgan fingerprint density at radius 2 is 1.17 bits per heavy atom. The number of halogens is 3. The van der Waals surface area contributed by atoms with Crippen LogP contribution in [0.15, 0.2) is 150 Å². The maximum Gasteiger partial charge on any atom is 0.305 e. The summed E-state index contributed by atoms with van der Waals surface area (Å²) in [6.07, 6.45) is -0.428. The van der Waals surface area contributed by atoms with Crippen molar-refractivity contribution in [3.8, 4) is 22.3 Å². The first-order valence-electron chi connectivity index (χ1n) is 16.1. The Labute approximate surface area is 317 Å². The Hall–Kier alpha value is -5.12. The number of carbonyl (C=O) groups is 2. The SMILES string of the molecule is O=C(O)CC(NC(=O)c1cc(Cl)ccc1N(Cc1ccc(-c2ccccc2)cc1)S(=O)(=O)c1ccc(Cl)cc1Cl)c1ccc(-c2ccccc2)cc1. The van der Waals surface area contributed by atoms with Crippen LogP contribution in [0.2, 0.25) is 15.1 Å². The number of hydrogen-bond acceptors (Lipinski definition) is 4. The molecule has 1 atom stereocenters. The van der Waals surface area contributed by atoms with Gasteiger partial charge in [-0.3, -0.25) is 13.9 Å². The van der Waals surface area contributed by atoms with Crippen LogP contribution >= 0.6 is 34.8 Å². The molecule has 0 aromatic heterocycles. The van der Waals surface area contributed by atoms with Crippen LogP contribution in [-0.4, -0.2) is 25.4 Å².